The smallest absolute Gasteiger partial charge is 0.310 e. The van der Waals surface area contributed by atoms with Gasteiger partial charge in [-0.05, 0) is 36.1 Å². The second-order valence-electron chi connectivity index (χ2n) is 6.82. The molecule has 7 N–H and O–H groups in total. The third-order valence-corrected chi connectivity index (χ3v) is 5.49. The molecule has 32 heavy (non-hydrogen) atoms. The Morgan fingerprint density at radius 1 is 1.12 bits per heavy atom. The van der Waals surface area contributed by atoms with Crippen LogP contribution in [-0.2, 0) is 35.6 Å². The molecule has 0 aliphatic heterocycles. The van der Waals surface area contributed by atoms with Crippen molar-refractivity contribution in [1.29, 1.82) is 0 Å². The van der Waals surface area contributed by atoms with Gasteiger partial charge in [0, 0.05) is 19.6 Å². The van der Waals surface area contributed by atoms with Gasteiger partial charge in [0.25, 0.3) is 0 Å². The lowest BCUT2D eigenvalue weighted by molar-refractivity contribution is -0.140. The van der Waals surface area contributed by atoms with Crippen molar-refractivity contribution in [2.24, 2.45) is 5.73 Å². The Morgan fingerprint density at radius 2 is 1.88 bits per heavy atom. The van der Waals surface area contributed by atoms with Gasteiger partial charge in [-0.3, -0.25) is 29.2 Å². The van der Waals surface area contributed by atoms with E-state index in [4.69, 9.17) is 10.8 Å². The average molecular weight is 477 g/mol. The standard InChI is InChI=1S/C16H28N8O7S/c17-10-19-11(12(25)8-16(28)29)4-1-2-6-18-14(26)5-3-7-32(30,31)22-15(27)9-13-20-23-24-21-13/h11,19H,1-10,17H2,(H,18,26)(H,22,27)(H,28,29)(H,20,21,23,24)/t11-/m0/s1. The van der Waals surface area contributed by atoms with E-state index in [1.807, 2.05) is 4.72 Å². The fourth-order valence-electron chi connectivity index (χ4n) is 2.67. The van der Waals surface area contributed by atoms with Crippen molar-refractivity contribution >= 4 is 33.6 Å². The van der Waals surface area contributed by atoms with Gasteiger partial charge in [-0.2, -0.15) is 0 Å². The number of amides is 2. The number of nitrogens with zero attached hydrogens (tertiary/aromatic N) is 3. The number of aromatic nitrogens is 4. The summed E-state index contributed by atoms with van der Waals surface area (Å²) < 4.78 is 25.6. The van der Waals surface area contributed by atoms with E-state index in [2.05, 4.69) is 31.3 Å². The highest BCUT2D eigenvalue weighted by Crippen LogP contribution is 2.04. The number of hydrogen-bond donors (Lipinski definition) is 6. The molecule has 0 aliphatic carbocycles. The van der Waals surface area contributed by atoms with E-state index in [1.54, 1.807) is 0 Å². The molecule has 0 fully saturated rings. The lowest BCUT2D eigenvalue weighted by Gasteiger charge is -2.15. The van der Waals surface area contributed by atoms with Crippen LogP contribution in [0.15, 0.2) is 0 Å². The first kappa shape index (κ1) is 27.1. The molecule has 0 aromatic carbocycles. The molecule has 0 bridgehead atoms. The van der Waals surface area contributed by atoms with Gasteiger partial charge >= 0.3 is 5.97 Å². The molecule has 0 radical (unpaired) electrons. The van der Waals surface area contributed by atoms with Gasteiger partial charge < -0.3 is 16.2 Å². The van der Waals surface area contributed by atoms with Crippen LogP contribution in [0, 0.1) is 0 Å². The second kappa shape index (κ2) is 14.2. The van der Waals surface area contributed by atoms with Gasteiger partial charge in [0.2, 0.25) is 21.8 Å². The Bertz CT molecular complexity index is 860. The van der Waals surface area contributed by atoms with E-state index in [9.17, 15) is 27.6 Å². The number of hydrogen-bond acceptors (Lipinski definition) is 11. The van der Waals surface area contributed by atoms with Gasteiger partial charge in [0.05, 0.1) is 18.2 Å². The molecule has 0 saturated heterocycles. The number of carboxylic acid groups (broad SMARTS) is 1. The normalized spacial score (nSPS) is 12.2. The van der Waals surface area contributed by atoms with Gasteiger partial charge in [-0.25, -0.2) is 13.5 Å². The van der Waals surface area contributed by atoms with Crippen LogP contribution in [-0.4, -0.2) is 82.7 Å². The second-order valence-corrected chi connectivity index (χ2v) is 8.66. The number of H-pyrrole nitrogens is 1. The first-order valence-electron chi connectivity index (χ1n) is 9.83. The Kier molecular flexibility index (Phi) is 12.0. The Balaban J connectivity index is 2.20. The van der Waals surface area contributed by atoms with Crippen molar-refractivity contribution in [3.05, 3.63) is 5.82 Å². The van der Waals surface area contributed by atoms with Crippen LogP contribution < -0.4 is 21.1 Å². The number of rotatable bonds is 17. The summed E-state index contributed by atoms with van der Waals surface area (Å²) in [6.45, 7) is 0.351. The first-order valence-corrected chi connectivity index (χ1v) is 11.5. The minimum atomic E-state index is -3.89. The maximum Gasteiger partial charge on any atom is 0.310 e. The maximum atomic E-state index is 11.9. The number of sulfonamides is 1. The predicted molar refractivity (Wildman–Crippen MR) is 109 cm³/mol. The number of nitrogens with two attached hydrogens (primary N) is 1. The number of unbranched alkanes of at least 4 members (excludes halogenated alkanes) is 1. The molecule has 2 amide bonds. The fraction of sp³-hybridized carbons (Fsp3) is 0.688. The number of aromatic amines is 1. The van der Waals surface area contributed by atoms with Crippen molar-refractivity contribution in [2.75, 3.05) is 19.0 Å². The van der Waals surface area contributed by atoms with Gasteiger partial charge in [-0.15, -0.1) is 5.10 Å². The van der Waals surface area contributed by atoms with Crippen molar-refractivity contribution in [3.8, 4) is 0 Å². The lowest BCUT2D eigenvalue weighted by atomic mass is 10.0. The first-order chi connectivity index (χ1) is 15.1. The number of aliphatic carboxylic acids is 1. The minimum Gasteiger partial charge on any atom is -0.481 e. The zero-order chi connectivity index (χ0) is 24.0. The minimum absolute atomic E-state index is 0.0183. The van der Waals surface area contributed by atoms with Crippen LogP contribution in [0.3, 0.4) is 0 Å². The van der Waals surface area contributed by atoms with Crippen LogP contribution in [0.2, 0.25) is 0 Å². The van der Waals surface area contributed by atoms with Gasteiger partial charge in [0.15, 0.2) is 11.6 Å². The van der Waals surface area contributed by atoms with Crippen molar-refractivity contribution in [2.45, 2.75) is 51.0 Å². The molecule has 0 saturated carbocycles. The molecule has 1 atom stereocenters. The quantitative estimate of drug-likeness (QED) is 0.0757. The zero-order valence-corrected chi connectivity index (χ0v) is 18.2. The summed E-state index contributed by atoms with van der Waals surface area (Å²) in [5.41, 5.74) is 5.36. The highest BCUT2D eigenvalue weighted by molar-refractivity contribution is 7.90. The lowest BCUT2D eigenvalue weighted by Crippen LogP contribution is -2.40. The SMILES string of the molecule is NCN[C@@H](CCCCNC(=O)CCCS(=O)(=O)NC(=O)Cc1nnn[nH]1)C(=O)CC(=O)O. The topological polar surface area (TPSA) is 239 Å². The number of ketones is 1. The van der Waals surface area contributed by atoms with E-state index in [0.717, 1.165) is 0 Å². The van der Waals surface area contributed by atoms with Gasteiger partial charge in [0.1, 0.15) is 6.42 Å². The summed E-state index contributed by atoms with van der Waals surface area (Å²) in [4.78, 5) is 45.9. The Labute approximate surface area is 184 Å². The maximum absolute atomic E-state index is 11.9. The zero-order valence-electron chi connectivity index (χ0n) is 17.4. The highest BCUT2D eigenvalue weighted by Gasteiger charge is 2.20. The summed E-state index contributed by atoms with van der Waals surface area (Å²) in [5, 5.41) is 26.4. The molecular weight excluding hydrogens is 448 g/mol. The van der Waals surface area contributed by atoms with Crippen molar-refractivity contribution < 1.29 is 32.7 Å². The fourth-order valence-corrected chi connectivity index (χ4v) is 3.72. The molecule has 1 heterocycles. The molecule has 1 rings (SSSR count). The number of tetrazole rings is 1. The van der Waals surface area contributed by atoms with Crippen LogP contribution in [0.1, 0.15) is 44.3 Å². The predicted octanol–water partition coefficient (Wildman–Crippen LogP) is -2.83. The Hall–Kier alpha value is -2.98. The summed E-state index contributed by atoms with van der Waals surface area (Å²) in [7, 11) is -3.89. The third kappa shape index (κ3) is 12.0. The molecule has 1 aromatic heterocycles. The molecule has 180 valence electrons. The largest absolute Gasteiger partial charge is 0.481 e. The number of Topliss-reactive ketones (excluding diaryl/α,β-unsaturated/α-hetero) is 1. The number of carboxylic acids is 1. The van der Waals surface area contributed by atoms with Crippen LogP contribution >= 0.6 is 0 Å². The van der Waals surface area contributed by atoms with E-state index < -0.39 is 45.9 Å². The van der Waals surface area contributed by atoms with Crippen LogP contribution in [0.25, 0.3) is 0 Å². The number of carbonyl (C=O) groups excluding carboxylic acids is 3. The number of carbonyl (C=O) groups is 4. The monoisotopic (exact) mass is 476 g/mol. The summed E-state index contributed by atoms with van der Waals surface area (Å²) in [6, 6.07) is -0.660. The summed E-state index contributed by atoms with van der Waals surface area (Å²) in [5.74, 6) is -3.10. The number of nitrogens with one attached hydrogen (secondary N) is 4. The highest BCUT2D eigenvalue weighted by atomic mass is 32.2. The van der Waals surface area contributed by atoms with Crippen LogP contribution in [0.5, 0.6) is 0 Å². The van der Waals surface area contributed by atoms with Crippen LogP contribution in [0.4, 0.5) is 0 Å². The van der Waals surface area contributed by atoms with E-state index in [-0.39, 0.29) is 37.7 Å². The van der Waals surface area contributed by atoms with E-state index in [0.29, 0.717) is 25.8 Å². The molecule has 15 nitrogen and oxygen atoms in total. The Morgan fingerprint density at radius 3 is 2.50 bits per heavy atom. The van der Waals surface area contributed by atoms with Crippen molar-refractivity contribution in [3.63, 3.8) is 0 Å². The molecule has 16 heteroatoms. The summed E-state index contributed by atoms with van der Waals surface area (Å²) >= 11 is 0. The molecule has 0 aliphatic rings. The molecule has 1 aromatic rings. The molecule has 0 unspecified atom stereocenters. The van der Waals surface area contributed by atoms with E-state index in [1.165, 1.54) is 0 Å². The van der Waals surface area contributed by atoms with Gasteiger partial charge in [-0.1, -0.05) is 0 Å². The molecule has 0 spiro atoms. The van der Waals surface area contributed by atoms with Crippen molar-refractivity contribution in [1.82, 2.24) is 36.0 Å². The average Bonchev–Trinajstić information content (AvgIpc) is 3.18. The third-order valence-electron chi connectivity index (χ3n) is 4.12. The summed E-state index contributed by atoms with van der Waals surface area (Å²) in [6.07, 6.45) is 0.525. The molecular formula is C16H28N8O7S. The van der Waals surface area contributed by atoms with E-state index >= 15 is 0 Å².